The van der Waals surface area contributed by atoms with Gasteiger partial charge in [0.25, 0.3) is 0 Å². The fourth-order valence-corrected chi connectivity index (χ4v) is 2.66. The Hall–Kier alpha value is -1.43. The minimum absolute atomic E-state index is 0.175. The molecule has 19 heavy (non-hydrogen) atoms. The molecule has 6 nitrogen and oxygen atoms in total. The molecule has 2 N–H and O–H groups in total. The van der Waals surface area contributed by atoms with Crippen molar-refractivity contribution < 1.29 is 4.79 Å². The molecule has 1 fully saturated rings. The molecule has 0 saturated carbocycles. The summed E-state index contributed by atoms with van der Waals surface area (Å²) in [6.45, 7) is 4.60. The largest absolute Gasteiger partial charge is 0.355 e. The maximum atomic E-state index is 12.4. The summed E-state index contributed by atoms with van der Waals surface area (Å²) >= 11 is 0. The van der Waals surface area contributed by atoms with Gasteiger partial charge in [0, 0.05) is 20.0 Å². The smallest absolute Gasteiger partial charge is 0.226 e. The minimum atomic E-state index is -0.175. The third kappa shape index (κ3) is 3.12. The van der Waals surface area contributed by atoms with Crippen LogP contribution in [0.1, 0.15) is 32.0 Å². The van der Waals surface area contributed by atoms with Gasteiger partial charge in [0.15, 0.2) is 0 Å². The zero-order valence-electron chi connectivity index (χ0n) is 11.8. The zero-order valence-corrected chi connectivity index (χ0v) is 11.8. The van der Waals surface area contributed by atoms with E-state index in [1.807, 2.05) is 11.6 Å². The van der Waals surface area contributed by atoms with Crippen LogP contribution in [0.2, 0.25) is 0 Å². The van der Waals surface area contributed by atoms with E-state index >= 15 is 0 Å². The van der Waals surface area contributed by atoms with Crippen LogP contribution in [0.15, 0.2) is 6.33 Å². The number of aromatic nitrogens is 3. The fraction of sp³-hybridized carbons (Fsp3) is 0.769. The normalized spacial score (nSPS) is 18.2. The first-order valence-electron chi connectivity index (χ1n) is 7.00. The van der Waals surface area contributed by atoms with Gasteiger partial charge in [0.2, 0.25) is 5.91 Å². The third-order valence-electron chi connectivity index (χ3n) is 4.16. The van der Waals surface area contributed by atoms with Crippen molar-refractivity contribution in [2.24, 2.45) is 12.5 Å². The maximum absolute atomic E-state index is 12.4. The van der Waals surface area contributed by atoms with Gasteiger partial charge in [0.05, 0.1) is 5.41 Å². The lowest BCUT2D eigenvalue weighted by Gasteiger charge is -2.35. The van der Waals surface area contributed by atoms with Gasteiger partial charge in [-0.2, -0.15) is 0 Å². The number of rotatable bonds is 5. The molecule has 0 bridgehead atoms. The van der Waals surface area contributed by atoms with Crippen LogP contribution in [0.4, 0.5) is 0 Å². The molecule has 1 saturated heterocycles. The lowest BCUT2D eigenvalue weighted by molar-refractivity contribution is -0.132. The number of carbonyl (C=O) groups is 1. The number of hydrogen-bond acceptors (Lipinski definition) is 4. The molecule has 1 aromatic heterocycles. The van der Waals surface area contributed by atoms with Gasteiger partial charge in [0.1, 0.15) is 12.2 Å². The molecule has 6 heteroatoms. The predicted octanol–water partition coefficient (Wildman–Crippen LogP) is 0.254. The van der Waals surface area contributed by atoms with Crippen molar-refractivity contribution in [1.82, 2.24) is 25.4 Å². The number of piperidine rings is 1. The van der Waals surface area contributed by atoms with Crippen molar-refractivity contribution in [2.45, 2.75) is 32.6 Å². The first-order valence-corrected chi connectivity index (χ1v) is 7.00. The van der Waals surface area contributed by atoms with Gasteiger partial charge < -0.3 is 15.2 Å². The standard InChI is InChI=1S/C13H23N5O/c1-3-13(5-8-14-9-6-13)12(19)15-7-4-11-17-16-10-18(11)2/h10,14H,3-9H2,1-2H3,(H,15,19). The summed E-state index contributed by atoms with van der Waals surface area (Å²) in [7, 11) is 1.91. The maximum Gasteiger partial charge on any atom is 0.226 e. The van der Waals surface area contributed by atoms with E-state index < -0.39 is 0 Å². The molecule has 1 amide bonds. The van der Waals surface area contributed by atoms with E-state index in [2.05, 4.69) is 27.8 Å². The lowest BCUT2D eigenvalue weighted by atomic mass is 9.76. The number of nitrogens with zero attached hydrogens (tertiary/aromatic N) is 3. The molecule has 0 radical (unpaired) electrons. The third-order valence-corrected chi connectivity index (χ3v) is 4.16. The van der Waals surface area contributed by atoms with Gasteiger partial charge in [-0.15, -0.1) is 10.2 Å². The van der Waals surface area contributed by atoms with Crippen LogP contribution in [-0.2, 0) is 18.3 Å². The van der Waals surface area contributed by atoms with Crippen molar-refractivity contribution in [3.63, 3.8) is 0 Å². The molecule has 0 spiro atoms. The quantitative estimate of drug-likeness (QED) is 0.801. The molecule has 2 heterocycles. The number of carbonyl (C=O) groups excluding carboxylic acids is 1. The van der Waals surface area contributed by atoms with Crippen molar-refractivity contribution >= 4 is 5.91 Å². The Bertz CT molecular complexity index is 422. The molecule has 2 rings (SSSR count). The molecule has 106 valence electrons. The Morgan fingerprint density at radius 2 is 2.26 bits per heavy atom. The van der Waals surface area contributed by atoms with Crippen molar-refractivity contribution in [3.05, 3.63) is 12.2 Å². The van der Waals surface area contributed by atoms with E-state index in [4.69, 9.17) is 0 Å². The van der Waals surface area contributed by atoms with Crippen LogP contribution in [0, 0.1) is 5.41 Å². The van der Waals surface area contributed by atoms with Crippen LogP contribution < -0.4 is 10.6 Å². The highest BCUT2D eigenvalue weighted by Crippen LogP contribution is 2.32. The van der Waals surface area contributed by atoms with Crippen molar-refractivity contribution in [3.8, 4) is 0 Å². The summed E-state index contributed by atoms with van der Waals surface area (Å²) in [6.07, 6.45) is 5.17. The Labute approximate surface area is 114 Å². The average molecular weight is 265 g/mol. The summed E-state index contributed by atoms with van der Waals surface area (Å²) in [4.78, 5) is 12.4. The number of amides is 1. The molecular weight excluding hydrogens is 242 g/mol. The van der Waals surface area contributed by atoms with Gasteiger partial charge in [-0.1, -0.05) is 6.92 Å². The Kier molecular flexibility index (Phi) is 4.52. The van der Waals surface area contributed by atoms with E-state index in [9.17, 15) is 4.79 Å². The van der Waals surface area contributed by atoms with E-state index in [-0.39, 0.29) is 11.3 Å². The van der Waals surface area contributed by atoms with Crippen LogP contribution in [0.5, 0.6) is 0 Å². The molecular formula is C13H23N5O. The number of nitrogens with one attached hydrogen (secondary N) is 2. The van der Waals surface area contributed by atoms with Gasteiger partial charge in [-0.3, -0.25) is 4.79 Å². The number of hydrogen-bond donors (Lipinski definition) is 2. The first kappa shape index (κ1) is 14.0. The SMILES string of the molecule is CCC1(C(=O)NCCc2nncn2C)CCNCC1. The highest BCUT2D eigenvalue weighted by Gasteiger charge is 2.37. The van der Waals surface area contributed by atoms with Gasteiger partial charge in [-0.25, -0.2) is 0 Å². The summed E-state index contributed by atoms with van der Waals surface area (Å²) in [5.74, 6) is 1.09. The fourth-order valence-electron chi connectivity index (χ4n) is 2.66. The molecule has 0 aromatic carbocycles. The van der Waals surface area contributed by atoms with Crippen LogP contribution in [0.3, 0.4) is 0 Å². The average Bonchev–Trinajstić information content (AvgIpc) is 2.85. The molecule has 1 aliphatic rings. The van der Waals surface area contributed by atoms with E-state index in [0.717, 1.165) is 44.6 Å². The Morgan fingerprint density at radius 3 is 2.84 bits per heavy atom. The highest BCUT2D eigenvalue weighted by molar-refractivity contribution is 5.82. The van der Waals surface area contributed by atoms with Crippen molar-refractivity contribution in [1.29, 1.82) is 0 Å². The van der Waals surface area contributed by atoms with E-state index in [1.165, 1.54) is 0 Å². The van der Waals surface area contributed by atoms with E-state index in [1.54, 1.807) is 6.33 Å². The van der Waals surface area contributed by atoms with Gasteiger partial charge >= 0.3 is 0 Å². The Balaban J connectivity index is 1.84. The van der Waals surface area contributed by atoms with E-state index in [0.29, 0.717) is 6.54 Å². The molecule has 0 unspecified atom stereocenters. The topological polar surface area (TPSA) is 71.8 Å². The number of aryl methyl sites for hydroxylation is 1. The predicted molar refractivity (Wildman–Crippen MR) is 72.5 cm³/mol. The Morgan fingerprint density at radius 1 is 1.53 bits per heavy atom. The molecule has 0 atom stereocenters. The summed E-state index contributed by atoms with van der Waals surface area (Å²) in [5, 5.41) is 14.2. The lowest BCUT2D eigenvalue weighted by Crippen LogP contribution is -2.47. The minimum Gasteiger partial charge on any atom is -0.355 e. The molecule has 1 aliphatic heterocycles. The van der Waals surface area contributed by atoms with Crippen molar-refractivity contribution in [2.75, 3.05) is 19.6 Å². The van der Waals surface area contributed by atoms with Crippen LogP contribution >= 0.6 is 0 Å². The second-order valence-corrected chi connectivity index (χ2v) is 5.25. The summed E-state index contributed by atoms with van der Waals surface area (Å²) in [6, 6.07) is 0. The monoisotopic (exact) mass is 265 g/mol. The molecule has 1 aromatic rings. The second kappa shape index (κ2) is 6.14. The van der Waals surface area contributed by atoms with Crippen LogP contribution in [0.25, 0.3) is 0 Å². The van der Waals surface area contributed by atoms with Gasteiger partial charge in [-0.05, 0) is 32.4 Å². The molecule has 0 aliphatic carbocycles. The van der Waals surface area contributed by atoms with Crippen LogP contribution in [-0.4, -0.2) is 40.3 Å². The first-order chi connectivity index (χ1) is 9.18. The highest BCUT2D eigenvalue weighted by atomic mass is 16.2. The summed E-state index contributed by atoms with van der Waals surface area (Å²) in [5.41, 5.74) is -0.175. The second-order valence-electron chi connectivity index (χ2n) is 5.25. The zero-order chi connectivity index (χ0) is 13.7. The summed E-state index contributed by atoms with van der Waals surface area (Å²) < 4.78 is 1.88.